The summed E-state index contributed by atoms with van der Waals surface area (Å²) in [5.74, 6) is -3.10. The van der Waals surface area contributed by atoms with Crippen molar-refractivity contribution in [2.24, 2.45) is 0 Å². The summed E-state index contributed by atoms with van der Waals surface area (Å²) in [6, 6.07) is 0. The second-order valence-electron chi connectivity index (χ2n) is 4.05. The molecule has 7 nitrogen and oxygen atoms in total. The molecule has 0 bridgehead atoms. The smallest absolute Gasteiger partial charge is 0.263 e. The number of aliphatic hydroxyl groups is 3. The highest BCUT2D eigenvalue weighted by Crippen LogP contribution is 2.35. The van der Waals surface area contributed by atoms with Crippen molar-refractivity contribution in [2.75, 3.05) is 6.61 Å². The lowest BCUT2D eigenvalue weighted by molar-refractivity contribution is -0.210. The van der Waals surface area contributed by atoms with E-state index in [1.165, 1.54) is 6.20 Å². The first-order valence-corrected chi connectivity index (χ1v) is 5.19. The number of alkyl halides is 1. The van der Waals surface area contributed by atoms with Gasteiger partial charge in [-0.25, -0.2) is 4.39 Å². The topological polar surface area (TPSA) is 102 Å². The molecule has 0 unspecified atom stereocenters. The Bertz CT molecular complexity index is 415. The second-order valence-corrected chi connectivity index (χ2v) is 4.05. The summed E-state index contributed by atoms with van der Waals surface area (Å²) in [5.41, 5.74) is 0. The standard InChI is InChI=1S/C10H13FN2O5/c1-5-12-6(15)2-3-13(5)9-7(16)8(17)10(11,4-14)18-9/h2-3,7-9,14,16-17H,1,4H2,(H,12,15)/t7-,8+,9-,10-/m1/s1. The zero-order valence-electron chi connectivity index (χ0n) is 9.28. The molecule has 4 atom stereocenters. The van der Waals surface area contributed by atoms with Crippen LogP contribution in [0.25, 0.3) is 0 Å². The Labute approximate surface area is 102 Å². The third-order valence-corrected chi connectivity index (χ3v) is 2.83. The number of rotatable bonds is 2. The molecule has 4 N–H and O–H groups in total. The number of carbonyl (C=O) groups excluding carboxylic acids is 1. The largest absolute Gasteiger partial charge is 0.390 e. The number of nitrogens with one attached hydrogen (secondary N) is 1. The molecular formula is C10H13FN2O5. The first kappa shape index (κ1) is 13.0. The minimum atomic E-state index is -2.75. The van der Waals surface area contributed by atoms with Gasteiger partial charge in [0.15, 0.2) is 6.23 Å². The van der Waals surface area contributed by atoms with Crippen molar-refractivity contribution in [3.63, 3.8) is 0 Å². The first-order valence-electron chi connectivity index (χ1n) is 5.19. The van der Waals surface area contributed by atoms with E-state index in [1.54, 1.807) is 0 Å². The lowest BCUT2D eigenvalue weighted by Crippen LogP contribution is -2.46. The molecule has 0 aromatic heterocycles. The molecule has 0 aromatic rings. The van der Waals surface area contributed by atoms with E-state index in [2.05, 4.69) is 11.9 Å². The highest BCUT2D eigenvalue weighted by Gasteiger charge is 2.56. The van der Waals surface area contributed by atoms with Crippen molar-refractivity contribution in [3.8, 4) is 0 Å². The Balaban J connectivity index is 2.23. The van der Waals surface area contributed by atoms with Crippen LogP contribution in [0.1, 0.15) is 0 Å². The summed E-state index contributed by atoms with van der Waals surface area (Å²) in [4.78, 5) is 12.2. The molecule has 2 rings (SSSR count). The molecule has 1 saturated heterocycles. The fourth-order valence-corrected chi connectivity index (χ4v) is 1.83. The number of amides is 1. The van der Waals surface area contributed by atoms with Gasteiger partial charge >= 0.3 is 0 Å². The summed E-state index contributed by atoms with van der Waals surface area (Å²) >= 11 is 0. The van der Waals surface area contributed by atoms with Crippen molar-refractivity contribution in [3.05, 3.63) is 24.7 Å². The maximum absolute atomic E-state index is 13.8. The van der Waals surface area contributed by atoms with E-state index in [0.717, 1.165) is 11.0 Å². The lowest BCUT2D eigenvalue weighted by atomic mass is 10.1. The van der Waals surface area contributed by atoms with Gasteiger partial charge in [0.25, 0.3) is 11.8 Å². The average Bonchev–Trinajstić information content (AvgIpc) is 2.55. The van der Waals surface area contributed by atoms with E-state index >= 15 is 0 Å². The fraction of sp³-hybridized carbons (Fsp3) is 0.500. The van der Waals surface area contributed by atoms with Crippen molar-refractivity contribution < 1.29 is 29.2 Å². The molecule has 100 valence electrons. The minimum absolute atomic E-state index is 0.0703. The van der Waals surface area contributed by atoms with E-state index in [1.807, 2.05) is 0 Å². The van der Waals surface area contributed by atoms with Crippen LogP contribution in [0.5, 0.6) is 0 Å². The lowest BCUT2D eigenvalue weighted by Gasteiger charge is -2.32. The van der Waals surface area contributed by atoms with Crippen LogP contribution in [0.15, 0.2) is 24.7 Å². The Morgan fingerprint density at radius 1 is 1.61 bits per heavy atom. The van der Waals surface area contributed by atoms with Crippen LogP contribution in [0.3, 0.4) is 0 Å². The monoisotopic (exact) mass is 260 g/mol. The summed E-state index contributed by atoms with van der Waals surface area (Å²) in [7, 11) is 0. The predicted octanol–water partition coefficient (Wildman–Crippen LogP) is -1.86. The highest BCUT2D eigenvalue weighted by atomic mass is 19.2. The summed E-state index contributed by atoms with van der Waals surface area (Å²) in [6.07, 6.45) is -2.41. The maximum atomic E-state index is 13.8. The molecule has 0 aliphatic carbocycles. The molecule has 2 heterocycles. The van der Waals surface area contributed by atoms with E-state index in [-0.39, 0.29) is 5.82 Å². The van der Waals surface area contributed by atoms with Crippen molar-refractivity contribution in [2.45, 2.75) is 24.3 Å². The summed E-state index contributed by atoms with van der Waals surface area (Å²) in [6.45, 7) is 2.41. The molecular weight excluding hydrogens is 247 g/mol. The highest BCUT2D eigenvalue weighted by molar-refractivity contribution is 5.89. The van der Waals surface area contributed by atoms with Crippen LogP contribution in [-0.4, -0.2) is 57.0 Å². The molecule has 0 radical (unpaired) electrons. The molecule has 0 spiro atoms. The van der Waals surface area contributed by atoms with Gasteiger partial charge in [-0.05, 0) is 0 Å². The van der Waals surface area contributed by atoms with Crippen molar-refractivity contribution in [1.82, 2.24) is 10.2 Å². The van der Waals surface area contributed by atoms with E-state index < -0.39 is 36.8 Å². The van der Waals surface area contributed by atoms with Crippen LogP contribution in [0, 0.1) is 0 Å². The van der Waals surface area contributed by atoms with Gasteiger partial charge in [-0.3, -0.25) is 4.79 Å². The molecule has 0 saturated carbocycles. The minimum Gasteiger partial charge on any atom is -0.390 e. The third kappa shape index (κ3) is 1.89. The molecule has 2 aliphatic heterocycles. The summed E-state index contributed by atoms with van der Waals surface area (Å²) < 4.78 is 18.7. The predicted molar refractivity (Wildman–Crippen MR) is 56.1 cm³/mol. The average molecular weight is 260 g/mol. The number of nitrogens with zero attached hydrogens (tertiary/aromatic N) is 1. The summed E-state index contributed by atoms with van der Waals surface area (Å²) in [5, 5.41) is 30.4. The Morgan fingerprint density at radius 3 is 2.78 bits per heavy atom. The van der Waals surface area contributed by atoms with Gasteiger partial charge in [-0.1, -0.05) is 6.58 Å². The quantitative estimate of drug-likeness (QED) is 0.464. The van der Waals surface area contributed by atoms with Gasteiger partial charge in [0.1, 0.15) is 24.6 Å². The van der Waals surface area contributed by atoms with Gasteiger partial charge in [0.05, 0.1) is 0 Å². The molecule has 0 aromatic carbocycles. The van der Waals surface area contributed by atoms with Gasteiger partial charge in [-0.15, -0.1) is 0 Å². The SMILES string of the molecule is C=C1NC(=O)C=CN1[C@@H]1O[C@](F)(CO)[C@@H](O)[C@H]1O. The van der Waals surface area contributed by atoms with Crippen LogP contribution in [0.2, 0.25) is 0 Å². The van der Waals surface area contributed by atoms with Gasteiger partial charge in [-0.2, -0.15) is 0 Å². The maximum Gasteiger partial charge on any atom is 0.263 e. The van der Waals surface area contributed by atoms with E-state index in [4.69, 9.17) is 9.84 Å². The number of hydrogen-bond donors (Lipinski definition) is 4. The molecule has 1 amide bonds. The number of halogens is 1. The number of hydrogen-bond acceptors (Lipinski definition) is 6. The Morgan fingerprint density at radius 2 is 2.28 bits per heavy atom. The van der Waals surface area contributed by atoms with Crippen molar-refractivity contribution >= 4 is 5.91 Å². The third-order valence-electron chi connectivity index (χ3n) is 2.83. The molecule has 2 aliphatic rings. The van der Waals surface area contributed by atoms with Gasteiger partial charge < -0.3 is 30.3 Å². The van der Waals surface area contributed by atoms with Gasteiger partial charge in [0, 0.05) is 12.3 Å². The van der Waals surface area contributed by atoms with Crippen LogP contribution in [0.4, 0.5) is 4.39 Å². The Kier molecular flexibility index (Phi) is 3.11. The van der Waals surface area contributed by atoms with Crippen LogP contribution in [-0.2, 0) is 9.53 Å². The van der Waals surface area contributed by atoms with Crippen LogP contribution < -0.4 is 5.32 Å². The Hall–Kier alpha value is -1.48. The number of carbonyl (C=O) groups is 1. The van der Waals surface area contributed by atoms with E-state index in [9.17, 15) is 19.4 Å². The zero-order valence-corrected chi connectivity index (χ0v) is 9.28. The fourth-order valence-electron chi connectivity index (χ4n) is 1.83. The van der Waals surface area contributed by atoms with Gasteiger partial charge in [0.2, 0.25) is 0 Å². The molecule has 18 heavy (non-hydrogen) atoms. The van der Waals surface area contributed by atoms with Crippen LogP contribution >= 0.6 is 0 Å². The number of ether oxygens (including phenoxy) is 1. The first-order chi connectivity index (χ1) is 8.39. The molecule has 8 heteroatoms. The second kappa shape index (κ2) is 4.32. The number of aliphatic hydroxyl groups excluding tert-OH is 3. The molecule has 1 fully saturated rings. The van der Waals surface area contributed by atoms with E-state index in [0.29, 0.717) is 0 Å². The van der Waals surface area contributed by atoms with Crippen molar-refractivity contribution in [1.29, 1.82) is 0 Å². The zero-order chi connectivity index (χ0) is 13.5. The normalized spacial score (nSPS) is 40.2.